The van der Waals surface area contributed by atoms with Crippen LogP contribution in [0.5, 0.6) is 11.5 Å². The Morgan fingerprint density at radius 2 is 1.82 bits per heavy atom. The van der Waals surface area contributed by atoms with Gasteiger partial charge in [0.15, 0.2) is 11.5 Å². The van der Waals surface area contributed by atoms with E-state index in [2.05, 4.69) is 20.4 Å². The zero-order valence-corrected chi connectivity index (χ0v) is 19.0. The van der Waals surface area contributed by atoms with Crippen LogP contribution in [0.2, 0.25) is 0 Å². The van der Waals surface area contributed by atoms with Crippen LogP contribution in [0.15, 0.2) is 66.0 Å². The maximum atomic E-state index is 13.1. The van der Waals surface area contributed by atoms with Crippen LogP contribution < -0.4 is 14.8 Å². The number of carbonyl (C=O) groups excluding carboxylic acids is 2. The lowest BCUT2D eigenvalue weighted by Gasteiger charge is -2.24. The third kappa shape index (κ3) is 5.20. The smallest absolute Gasteiger partial charge is 0.293 e. The van der Waals surface area contributed by atoms with Crippen LogP contribution in [-0.4, -0.2) is 52.8 Å². The molecule has 1 N–H and O–H groups in total. The zero-order valence-electron chi connectivity index (χ0n) is 19.0. The van der Waals surface area contributed by atoms with E-state index in [9.17, 15) is 9.59 Å². The number of amides is 2. The normalized spacial score (nSPS) is 13.1. The Morgan fingerprint density at radius 1 is 1.06 bits per heavy atom. The molecule has 0 spiro atoms. The Balaban J connectivity index is 1.48. The van der Waals surface area contributed by atoms with E-state index < -0.39 is 5.91 Å². The Bertz CT molecular complexity index is 1200. The second kappa shape index (κ2) is 10.6. The molecular weight excluding hydrogens is 434 g/mol. The van der Waals surface area contributed by atoms with Crippen molar-refractivity contribution in [1.29, 1.82) is 0 Å². The molecule has 9 nitrogen and oxygen atoms in total. The number of aromatic nitrogens is 2. The predicted octanol–water partition coefficient (Wildman–Crippen LogP) is 3.78. The van der Waals surface area contributed by atoms with Crippen LogP contribution in [0.1, 0.15) is 46.3 Å². The van der Waals surface area contributed by atoms with Crippen LogP contribution in [0.4, 0.5) is 5.69 Å². The van der Waals surface area contributed by atoms with Gasteiger partial charge in [-0.1, -0.05) is 0 Å². The van der Waals surface area contributed by atoms with E-state index in [0.717, 1.165) is 24.1 Å². The van der Waals surface area contributed by atoms with Crippen LogP contribution >= 0.6 is 0 Å². The molecule has 3 aromatic rings. The summed E-state index contributed by atoms with van der Waals surface area (Å²) in [6.07, 6.45) is 4.56. The Kier molecular flexibility index (Phi) is 7.12. The molecule has 0 aliphatic carbocycles. The highest BCUT2D eigenvalue weighted by atomic mass is 16.5. The van der Waals surface area contributed by atoms with Crippen LogP contribution in [0, 0.1) is 0 Å². The largest absolute Gasteiger partial charge is 0.493 e. The number of nitrogens with one attached hydrogen (secondary N) is 1. The first-order chi connectivity index (χ1) is 16.6. The molecule has 0 fully saturated rings. The average molecular weight is 460 g/mol. The van der Waals surface area contributed by atoms with E-state index >= 15 is 0 Å². The van der Waals surface area contributed by atoms with Gasteiger partial charge in [-0.2, -0.15) is 5.10 Å². The quantitative estimate of drug-likeness (QED) is 0.576. The summed E-state index contributed by atoms with van der Waals surface area (Å²) in [5, 5.41) is 8.81. The monoisotopic (exact) mass is 459 g/mol. The lowest BCUT2D eigenvalue weighted by Crippen LogP contribution is -2.32. The van der Waals surface area contributed by atoms with Crippen molar-refractivity contribution in [3.8, 4) is 11.5 Å². The lowest BCUT2D eigenvalue weighted by molar-refractivity contribution is 0.0751. The molecule has 1 aromatic heterocycles. The first kappa shape index (κ1) is 22.9. The lowest BCUT2D eigenvalue weighted by atomic mass is 10.0. The third-order valence-electron chi connectivity index (χ3n) is 5.21. The molecule has 2 amide bonds. The van der Waals surface area contributed by atoms with E-state index in [1.165, 1.54) is 17.4 Å². The fourth-order valence-corrected chi connectivity index (χ4v) is 3.56. The first-order valence-corrected chi connectivity index (χ1v) is 11.0. The summed E-state index contributed by atoms with van der Waals surface area (Å²) in [7, 11) is 1.60. The van der Waals surface area contributed by atoms with Crippen molar-refractivity contribution >= 4 is 23.2 Å². The van der Waals surface area contributed by atoms with Gasteiger partial charge in [-0.3, -0.25) is 9.59 Å². The second-order valence-corrected chi connectivity index (χ2v) is 7.48. The molecule has 9 heteroatoms. The molecule has 174 valence electrons. The Labute approximate surface area is 197 Å². The van der Waals surface area contributed by atoms with Crippen molar-refractivity contribution < 1.29 is 19.1 Å². The number of hydrazone groups is 1. The number of anilines is 1. The number of rotatable bonds is 7. The third-order valence-corrected chi connectivity index (χ3v) is 5.21. The molecule has 1 aliphatic heterocycles. The molecule has 0 unspecified atom stereocenters. The average Bonchev–Trinajstić information content (AvgIpc) is 2.89. The molecular formula is C25H25N5O4. The fourth-order valence-electron chi connectivity index (χ4n) is 3.56. The van der Waals surface area contributed by atoms with Gasteiger partial charge in [0.1, 0.15) is 0 Å². The fraction of sp³-hybridized carbons (Fsp3) is 0.240. The number of methoxy groups -OCH3 is 1. The molecule has 4 rings (SSSR count). The maximum absolute atomic E-state index is 13.1. The summed E-state index contributed by atoms with van der Waals surface area (Å²) in [6.45, 7) is 2.96. The summed E-state index contributed by atoms with van der Waals surface area (Å²) >= 11 is 0. The van der Waals surface area contributed by atoms with Gasteiger partial charge < -0.3 is 14.8 Å². The van der Waals surface area contributed by atoms with Gasteiger partial charge in [-0.25, -0.2) is 15.0 Å². The topological polar surface area (TPSA) is 106 Å². The molecule has 0 atom stereocenters. The van der Waals surface area contributed by atoms with Gasteiger partial charge in [-0.15, -0.1) is 0 Å². The van der Waals surface area contributed by atoms with Gasteiger partial charge in [0, 0.05) is 35.8 Å². The number of nitrogens with zero attached hydrogens (tertiary/aromatic N) is 4. The predicted molar refractivity (Wildman–Crippen MR) is 127 cm³/mol. The van der Waals surface area contributed by atoms with Crippen molar-refractivity contribution in [2.75, 3.05) is 25.6 Å². The van der Waals surface area contributed by atoms with Crippen molar-refractivity contribution in [2.45, 2.75) is 19.8 Å². The molecule has 0 radical (unpaired) electrons. The highest BCUT2D eigenvalue weighted by Gasteiger charge is 2.21. The summed E-state index contributed by atoms with van der Waals surface area (Å²) < 4.78 is 11.0. The van der Waals surface area contributed by atoms with Crippen molar-refractivity contribution in [3.05, 3.63) is 77.9 Å². The molecule has 0 saturated heterocycles. The molecule has 0 bridgehead atoms. The maximum Gasteiger partial charge on any atom is 0.293 e. The molecule has 0 saturated carbocycles. The van der Waals surface area contributed by atoms with E-state index in [4.69, 9.17) is 9.47 Å². The molecule has 2 aromatic carbocycles. The minimum absolute atomic E-state index is 0.0730. The minimum Gasteiger partial charge on any atom is -0.493 e. The van der Waals surface area contributed by atoms with Gasteiger partial charge in [0.05, 0.1) is 19.4 Å². The minimum atomic E-state index is -0.420. The van der Waals surface area contributed by atoms with Crippen LogP contribution in [-0.2, 0) is 0 Å². The number of benzene rings is 2. The first-order valence-electron chi connectivity index (χ1n) is 11.0. The summed E-state index contributed by atoms with van der Waals surface area (Å²) in [5.74, 6) is 0.743. The Morgan fingerprint density at radius 3 is 2.53 bits per heavy atom. The van der Waals surface area contributed by atoms with E-state index in [-0.39, 0.29) is 11.7 Å². The zero-order chi connectivity index (χ0) is 23.9. The SMILES string of the molecule is CCOc1cc(C2=NN(C(=O)c3ccc(NC(=O)c4ncccn4)cc3)CCC2)ccc1OC. The van der Waals surface area contributed by atoms with Crippen molar-refractivity contribution in [3.63, 3.8) is 0 Å². The molecule has 1 aliphatic rings. The molecule has 34 heavy (non-hydrogen) atoms. The van der Waals surface area contributed by atoms with Gasteiger partial charge >= 0.3 is 0 Å². The van der Waals surface area contributed by atoms with Crippen molar-refractivity contribution in [2.24, 2.45) is 5.10 Å². The van der Waals surface area contributed by atoms with E-state index in [1.807, 2.05) is 25.1 Å². The van der Waals surface area contributed by atoms with Crippen LogP contribution in [0.3, 0.4) is 0 Å². The number of carbonyl (C=O) groups is 2. The van der Waals surface area contributed by atoms with Gasteiger partial charge in [-0.05, 0) is 68.3 Å². The second-order valence-electron chi connectivity index (χ2n) is 7.48. The number of hydrogen-bond acceptors (Lipinski definition) is 7. The van der Waals surface area contributed by atoms with E-state index in [1.54, 1.807) is 37.4 Å². The highest BCUT2D eigenvalue weighted by molar-refractivity contribution is 6.04. The number of hydrogen-bond donors (Lipinski definition) is 1. The number of ether oxygens (including phenoxy) is 2. The summed E-state index contributed by atoms with van der Waals surface area (Å²) in [4.78, 5) is 33.1. The highest BCUT2D eigenvalue weighted by Crippen LogP contribution is 2.29. The standard InChI is InChI=1S/C25H25N5O4/c1-3-34-22-16-18(9-12-21(22)33-2)20-6-4-15-30(29-20)25(32)17-7-10-19(11-8-17)28-24(31)23-26-13-5-14-27-23/h5,7-14,16H,3-4,6,15H2,1-2H3,(H,28,31). The van der Waals surface area contributed by atoms with Gasteiger partial charge in [0.2, 0.25) is 5.82 Å². The Hall–Kier alpha value is -4.27. The van der Waals surface area contributed by atoms with E-state index in [0.29, 0.717) is 35.9 Å². The molecule has 2 heterocycles. The summed E-state index contributed by atoms with van der Waals surface area (Å²) in [6, 6.07) is 13.9. The van der Waals surface area contributed by atoms with Crippen molar-refractivity contribution in [1.82, 2.24) is 15.0 Å². The van der Waals surface area contributed by atoms with Crippen LogP contribution in [0.25, 0.3) is 0 Å². The summed E-state index contributed by atoms with van der Waals surface area (Å²) in [5.41, 5.74) is 2.72. The van der Waals surface area contributed by atoms with Gasteiger partial charge in [0.25, 0.3) is 11.8 Å².